The van der Waals surface area contributed by atoms with Crippen molar-refractivity contribution in [1.29, 1.82) is 0 Å². The van der Waals surface area contributed by atoms with E-state index in [0.29, 0.717) is 0 Å². The van der Waals surface area contributed by atoms with Crippen molar-refractivity contribution in [2.24, 2.45) is 9.98 Å². The molecule has 0 spiro atoms. The number of nitrogens with zero attached hydrogens (tertiary/aromatic N) is 2. The Hall–Kier alpha value is -5.22. The molecule has 2 aromatic heterocycles. The summed E-state index contributed by atoms with van der Waals surface area (Å²) in [5, 5.41) is 9.06. The fourth-order valence-electron chi connectivity index (χ4n) is 6.58. The van der Waals surface area contributed by atoms with Gasteiger partial charge in [-0.05, 0) is 35.4 Å². The number of aliphatic imine (C=N–C) groups is 2. The molecule has 0 fully saturated rings. The van der Waals surface area contributed by atoms with Crippen molar-refractivity contribution in [3.63, 3.8) is 0 Å². The van der Waals surface area contributed by atoms with Crippen LogP contribution in [-0.2, 0) is 0 Å². The van der Waals surface area contributed by atoms with Gasteiger partial charge >= 0.3 is 0 Å². The molecule has 2 N–H and O–H groups in total. The Morgan fingerprint density at radius 1 is 0.425 bits per heavy atom. The van der Waals surface area contributed by atoms with Crippen LogP contribution in [0.15, 0.2) is 107 Å². The largest absolute Gasteiger partial charge is 0.355 e. The molecule has 40 heavy (non-hydrogen) atoms. The van der Waals surface area contributed by atoms with Gasteiger partial charge in [-0.25, -0.2) is 0 Å². The van der Waals surface area contributed by atoms with Crippen molar-refractivity contribution >= 4 is 57.3 Å². The molecular weight excluding hydrogens is 488 g/mol. The second-order valence-electron chi connectivity index (χ2n) is 10.7. The Morgan fingerprint density at radius 3 is 1.27 bits per heavy atom. The van der Waals surface area contributed by atoms with Crippen LogP contribution in [0.4, 0.5) is 0 Å². The van der Waals surface area contributed by atoms with Gasteiger partial charge in [0, 0.05) is 54.1 Å². The lowest BCUT2D eigenvalue weighted by atomic mass is 10.00. The molecule has 0 radical (unpaired) electrons. The average molecular weight is 513 g/mol. The number of nitrogens with one attached hydrogen (secondary N) is 2. The van der Waals surface area contributed by atoms with Gasteiger partial charge in [-0.1, -0.05) is 97.1 Å². The van der Waals surface area contributed by atoms with E-state index in [-0.39, 0.29) is 12.1 Å². The fraction of sp³-hybridized carbons (Fsp3) is 0.0556. The molecule has 0 saturated heterocycles. The summed E-state index contributed by atoms with van der Waals surface area (Å²) in [6, 6.07) is 34.2. The number of H-pyrrole nitrogens is 2. The highest BCUT2D eigenvalue weighted by Crippen LogP contribution is 2.33. The molecular formula is C36H24N4. The maximum Gasteiger partial charge on any atom is 0.0967 e. The lowest BCUT2D eigenvalue weighted by Crippen LogP contribution is -2.14. The van der Waals surface area contributed by atoms with Gasteiger partial charge < -0.3 is 9.97 Å². The van der Waals surface area contributed by atoms with Crippen LogP contribution >= 0.6 is 0 Å². The van der Waals surface area contributed by atoms with E-state index in [9.17, 15) is 0 Å². The average Bonchev–Trinajstić information content (AvgIpc) is 3.73. The van der Waals surface area contributed by atoms with Crippen molar-refractivity contribution in [3.05, 3.63) is 141 Å². The number of aromatic nitrogens is 2. The Bertz CT molecular complexity index is 2180. The third-order valence-electron chi connectivity index (χ3n) is 8.43. The van der Waals surface area contributed by atoms with E-state index < -0.39 is 0 Å². The van der Waals surface area contributed by atoms with Crippen molar-refractivity contribution in [1.82, 2.24) is 9.97 Å². The molecule has 3 aliphatic rings. The summed E-state index contributed by atoms with van der Waals surface area (Å²) in [5.74, 6) is 0. The number of benzene rings is 4. The molecule has 0 saturated carbocycles. The van der Waals surface area contributed by atoms with E-state index in [4.69, 9.17) is 9.98 Å². The fourth-order valence-corrected chi connectivity index (χ4v) is 6.58. The van der Waals surface area contributed by atoms with Crippen LogP contribution in [0.2, 0.25) is 0 Å². The van der Waals surface area contributed by atoms with Crippen molar-refractivity contribution in [2.45, 2.75) is 12.1 Å². The van der Waals surface area contributed by atoms with Gasteiger partial charge in [-0.3, -0.25) is 9.98 Å². The molecule has 0 aliphatic carbocycles. The van der Waals surface area contributed by atoms with Gasteiger partial charge in [0.2, 0.25) is 0 Å². The normalized spacial score (nSPS) is 22.0. The molecule has 4 aromatic carbocycles. The second-order valence-corrected chi connectivity index (χ2v) is 10.7. The molecule has 5 heterocycles. The summed E-state index contributed by atoms with van der Waals surface area (Å²) in [6.45, 7) is 0. The maximum absolute atomic E-state index is 5.26. The van der Waals surface area contributed by atoms with Crippen LogP contribution in [0.3, 0.4) is 0 Å². The van der Waals surface area contributed by atoms with Crippen LogP contribution in [-0.4, -0.2) is 21.4 Å². The predicted octanol–water partition coefficient (Wildman–Crippen LogP) is 4.57. The van der Waals surface area contributed by atoms with Gasteiger partial charge in [-0.15, -0.1) is 0 Å². The van der Waals surface area contributed by atoms with E-state index in [0.717, 1.165) is 32.8 Å². The van der Waals surface area contributed by atoms with Gasteiger partial charge in [0.05, 0.1) is 23.5 Å². The minimum Gasteiger partial charge on any atom is -0.355 e. The van der Waals surface area contributed by atoms with Crippen LogP contribution in [0.5, 0.6) is 0 Å². The Kier molecular flexibility index (Phi) is 4.41. The predicted molar refractivity (Wildman–Crippen MR) is 164 cm³/mol. The van der Waals surface area contributed by atoms with Crippen molar-refractivity contribution < 1.29 is 0 Å². The molecule has 3 aliphatic heterocycles. The van der Waals surface area contributed by atoms with E-state index in [1.165, 1.54) is 43.8 Å². The maximum atomic E-state index is 5.26. The molecule has 4 heteroatoms. The lowest BCUT2D eigenvalue weighted by Gasteiger charge is -2.03. The Labute approximate surface area is 229 Å². The monoisotopic (exact) mass is 512 g/mol. The Balaban J connectivity index is 1.43. The highest BCUT2D eigenvalue weighted by molar-refractivity contribution is 6.25. The molecule has 8 bridgehead atoms. The lowest BCUT2D eigenvalue weighted by molar-refractivity contribution is 0.976. The summed E-state index contributed by atoms with van der Waals surface area (Å²) in [7, 11) is 0. The highest BCUT2D eigenvalue weighted by Gasteiger charge is 2.24. The van der Waals surface area contributed by atoms with Gasteiger partial charge in [-0.2, -0.15) is 0 Å². The highest BCUT2D eigenvalue weighted by atomic mass is 14.9. The minimum atomic E-state index is -0.0747. The summed E-state index contributed by atoms with van der Waals surface area (Å²) in [5.41, 5.74) is 6.80. The summed E-state index contributed by atoms with van der Waals surface area (Å²) < 4.78 is 0. The number of rotatable bonds is 0. The van der Waals surface area contributed by atoms with Crippen LogP contribution in [0.1, 0.15) is 34.3 Å². The third-order valence-corrected chi connectivity index (χ3v) is 8.43. The molecule has 2 unspecified atom stereocenters. The van der Waals surface area contributed by atoms with E-state index >= 15 is 0 Å². The number of hydrogen-bond acceptors (Lipinski definition) is 2. The van der Waals surface area contributed by atoms with E-state index in [1.54, 1.807) is 0 Å². The van der Waals surface area contributed by atoms with Crippen molar-refractivity contribution in [2.75, 3.05) is 0 Å². The first-order valence-corrected chi connectivity index (χ1v) is 13.7. The van der Waals surface area contributed by atoms with Gasteiger partial charge in [0.25, 0.3) is 0 Å². The van der Waals surface area contributed by atoms with E-state index in [2.05, 4.69) is 131 Å². The smallest absolute Gasteiger partial charge is 0.0967 e. The molecule has 4 nitrogen and oxygen atoms in total. The molecule has 9 rings (SSSR count). The summed E-state index contributed by atoms with van der Waals surface area (Å²) in [4.78, 5) is 18.0. The Morgan fingerprint density at radius 2 is 0.800 bits per heavy atom. The standard InChI is InChI=1S/C36H24N4/c1-2-10-22-21(9-1)29-17-31-23-11-3-4-12-24(23)33(38-31)19-35-27-15-7-8-16-28(27)36(40-35)20-34-26-14-6-5-13-25(26)32(39-34)18-30(22)37-29/h1-20,29,35,38-39H/b31-17-,32-18-,33-19-,34-20-. The molecule has 188 valence electrons. The molecule has 0 amide bonds. The third kappa shape index (κ3) is 3.13. The van der Waals surface area contributed by atoms with Gasteiger partial charge in [0.15, 0.2) is 0 Å². The first-order valence-electron chi connectivity index (χ1n) is 13.7. The minimum absolute atomic E-state index is 0.0747. The van der Waals surface area contributed by atoms with Crippen LogP contribution in [0, 0.1) is 0 Å². The summed E-state index contributed by atoms with van der Waals surface area (Å²) in [6.07, 6.45) is 8.96. The van der Waals surface area contributed by atoms with Crippen LogP contribution in [0.25, 0.3) is 45.8 Å². The SMILES string of the molecule is C1=c2\[nH]/c(c3ccccc23)=C\C2=NC(/C=c3\[nH]/c(c4ccccc34)=C\C3N=C/1c1ccccc13)c1ccccc12. The number of aromatic amines is 2. The quantitative estimate of drug-likeness (QED) is 0.300. The summed E-state index contributed by atoms with van der Waals surface area (Å²) >= 11 is 0. The first kappa shape index (κ1) is 21.7. The number of hydrogen-bond donors (Lipinski definition) is 2. The second kappa shape index (κ2) is 8.14. The number of fused-ring (bicyclic) bond motifs is 18. The first-order chi connectivity index (χ1) is 19.8. The topological polar surface area (TPSA) is 56.3 Å². The van der Waals surface area contributed by atoms with Crippen LogP contribution < -0.4 is 21.4 Å². The zero-order chi connectivity index (χ0) is 26.2. The van der Waals surface area contributed by atoms with Crippen molar-refractivity contribution in [3.8, 4) is 0 Å². The zero-order valence-corrected chi connectivity index (χ0v) is 21.6. The molecule has 2 atom stereocenters. The zero-order valence-electron chi connectivity index (χ0n) is 21.6. The van der Waals surface area contributed by atoms with Gasteiger partial charge in [0.1, 0.15) is 0 Å². The van der Waals surface area contributed by atoms with E-state index in [1.807, 2.05) is 0 Å². The molecule has 6 aromatic rings.